The molecular formula is C19H16F3NO3. The minimum Gasteiger partial charge on any atom is -0.447 e. The van der Waals surface area contributed by atoms with Crippen LogP contribution in [-0.2, 0) is 22.4 Å². The molecular weight excluding hydrogens is 347 g/mol. The van der Waals surface area contributed by atoms with Crippen LogP contribution < -0.4 is 0 Å². The molecule has 7 heteroatoms. The van der Waals surface area contributed by atoms with Crippen LogP contribution in [-0.4, -0.2) is 29.5 Å². The molecule has 0 N–H and O–H groups in total. The summed E-state index contributed by atoms with van der Waals surface area (Å²) in [5.74, 6) is -3.95. The van der Waals surface area contributed by atoms with Gasteiger partial charge in [-0.1, -0.05) is 30.3 Å². The number of benzene rings is 2. The predicted octanol–water partition coefficient (Wildman–Crippen LogP) is 3.63. The molecule has 0 aliphatic carbocycles. The molecule has 26 heavy (non-hydrogen) atoms. The lowest BCUT2D eigenvalue weighted by atomic mass is 10.0. The van der Waals surface area contributed by atoms with E-state index in [9.17, 15) is 22.8 Å². The zero-order valence-electron chi connectivity index (χ0n) is 13.8. The van der Waals surface area contributed by atoms with Crippen molar-refractivity contribution in [1.29, 1.82) is 0 Å². The summed E-state index contributed by atoms with van der Waals surface area (Å²) >= 11 is 0. The SMILES string of the molecule is O=C(CCc1cc(F)c(F)cc1F)N1C(=O)OC[C@@H]1Cc1ccccc1. The number of rotatable bonds is 5. The van der Waals surface area contributed by atoms with Gasteiger partial charge in [0.25, 0.3) is 0 Å². The molecule has 1 atom stereocenters. The summed E-state index contributed by atoms with van der Waals surface area (Å²) in [5.41, 5.74) is 0.824. The van der Waals surface area contributed by atoms with E-state index in [1.54, 1.807) is 0 Å². The third kappa shape index (κ3) is 3.87. The zero-order valence-corrected chi connectivity index (χ0v) is 13.8. The van der Waals surface area contributed by atoms with Crippen molar-refractivity contribution in [1.82, 2.24) is 4.90 Å². The number of halogens is 3. The Morgan fingerprint density at radius 3 is 2.50 bits per heavy atom. The van der Waals surface area contributed by atoms with Crippen molar-refractivity contribution >= 4 is 12.0 Å². The predicted molar refractivity (Wildman–Crippen MR) is 86.8 cm³/mol. The second kappa shape index (κ2) is 7.59. The highest BCUT2D eigenvalue weighted by atomic mass is 19.2. The molecule has 0 aromatic heterocycles. The van der Waals surface area contributed by atoms with Crippen LogP contribution in [0, 0.1) is 17.5 Å². The maximum atomic E-state index is 13.7. The molecule has 1 heterocycles. The minimum atomic E-state index is -1.29. The van der Waals surface area contributed by atoms with Crippen LogP contribution in [0.2, 0.25) is 0 Å². The maximum absolute atomic E-state index is 13.7. The van der Waals surface area contributed by atoms with Gasteiger partial charge < -0.3 is 4.74 Å². The molecule has 0 radical (unpaired) electrons. The molecule has 1 saturated heterocycles. The lowest BCUT2D eigenvalue weighted by molar-refractivity contribution is -0.129. The number of amides is 2. The summed E-state index contributed by atoms with van der Waals surface area (Å²) in [6, 6.07) is 10.0. The first-order valence-electron chi connectivity index (χ1n) is 8.12. The van der Waals surface area contributed by atoms with Crippen molar-refractivity contribution in [2.24, 2.45) is 0 Å². The number of carbonyl (C=O) groups excluding carboxylic acids is 2. The van der Waals surface area contributed by atoms with Crippen molar-refractivity contribution in [3.05, 3.63) is 71.0 Å². The molecule has 3 rings (SSSR count). The number of cyclic esters (lactones) is 1. The molecule has 0 unspecified atom stereocenters. The quantitative estimate of drug-likeness (QED) is 0.762. The van der Waals surface area contributed by atoms with Gasteiger partial charge in [0.1, 0.15) is 12.4 Å². The first-order chi connectivity index (χ1) is 12.5. The van der Waals surface area contributed by atoms with E-state index < -0.39 is 35.5 Å². The third-order valence-corrected chi connectivity index (χ3v) is 4.24. The van der Waals surface area contributed by atoms with Crippen LogP contribution in [0.25, 0.3) is 0 Å². The van der Waals surface area contributed by atoms with Crippen LogP contribution in [0.1, 0.15) is 17.5 Å². The number of hydrogen-bond donors (Lipinski definition) is 0. The number of aryl methyl sites for hydroxylation is 1. The van der Waals surface area contributed by atoms with Crippen molar-refractivity contribution in [3.63, 3.8) is 0 Å². The first-order valence-corrected chi connectivity index (χ1v) is 8.12. The largest absolute Gasteiger partial charge is 0.447 e. The Balaban J connectivity index is 1.67. The molecule has 0 spiro atoms. The monoisotopic (exact) mass is 363 g/mol. The van der Waals surface area contributed by atoms with Crippen molar-refractivity contribution in [2.75, 3.05) is 6.61 Å². The van der Waals surface area contributed by atoms with E-state index >= 15 is 0 Å². The molecule has 1 aliphatic rings. The van der Waals surface area contributed by atoms with Gasteiger partial charge in [-0.15, -0.1) is 0 Å². The number of ether oxygens (including phenoxy) is 1. The number of carbonyl (C=O) groups is 2. The van der Waals surface area contributed by atoms with Crippen LogP contribution in [0.3, 0.4) is 0 Å². The molecule has 0 saturated carbocycles. The van der Waals surface area contributed by atoms with Crippen molar-refractivity contribution in [2.45, 2.75) is 25.3 Å². The van der Waals surface area contributed by atoms with E-state index in [-0.39, 0.29) is 25.0 Å². The Morgan fingerprint density at radius 2 is 1.77 bits per heavy atom. The standard InChI is InChI=1S/C19H16F3NO3/c20-15-10-17(22)16(21)9-13(15)6-7-18(24)23-14(11-26-19(23)25)8-12-4-2-1-3-5-12/h1-5,9-10,14H,6-8,11H2/t14-/m0/s1. The maximum Gasteiger partial charge on any atom is 0.416 e. The molecule has 1 aliphatic heterocycles. The second-order valence-electron chi connectivity index (χ2n) is 6.04. The van der Waals surface area contributed by atoms with E-state index in [1.165, 1.54) is 0 Å². The van der Waals surface area contributed by atoms with Crippen LogP contribution in [0.5, 0.6) is 0 Å². The van der Waals surface area contributed by atoms with Gasteiger partial charge in [-0.3, -0.25) is 4.79 Å². The van der Waals surface area contributed by atoms with E-state index in [1.807, 2.05) is 30.3 Å². The van der Waals surface area contributed by atoms with Gasteiger partial charge in [-0.2, -0.15) is 0 Å². The number of nitrogens with zero attached hydrogens (tertiary/aromatic N) is 1. The van der Waals surface area contributed by atoms with Gasteiger partial charge in [-0.05, 0) is 30.0 Å². The Bertz CT molecular complexity index is 826. The highest BCUT2D eigenvalue weighted by molar-refractivity contribution is 5.93. The highest BCUT2D eigenvalue weighted by Crippen LogP contribution is 2.20. The fraction of sp³-hybridized carbons (Fsp3) is 0.263. The lowest BCUT2D eigenvalue weighted by Gasteiger charge is -2.19. The molecule has 2 amide bonds. The van der Waals surface area contributed by atoms with Gasteiger partial charge >= 0.3 is 6.09 Å². The normalized spacial score (nSPS) is 16.7. The minimum absolute atomic E-state index is 0.0823. The summed E-state index contributed by atoms with van der Waals surface area (Å²) in [6.07, 6.45) is -0.675. The summed E-state index contributed by atoms with van der Waals surface area (Å²) in [4.78, 5) is 25.3. The Hall–Kier alpha value is -2.83. The summed E-state index contributed by atoms with van der Waals surface area (Å²) < 4.78 is 44.8. The van der Waals surface area contributed by atoms with Crippen LogP contribution in [0.15, 0.2) is 42.5 Å². The van der Waals surface area contributed by atoms with Gasteiger partial charge in [0, 0.05) is 12.5 Å². The average molecular weight is 363 g/mol. The van der Waals surface area contributed by atoms with Gasteiger partial charge in [-0.25, -0.2) is 22.9 Å². The lowest BCUT2D eigenvalue weighted by Crippen LogP contribution is -2.40. The van der Waals surface area contributed by atoms with E-state index in [2.05, 4.69) is 0 Å². The van der Waals surface area contributed by atoms with Gasteiger partial charge in [0.15, 0.2) is 11.6 Å². The molecule has 2 aromatic carbocycles. The average Bonchev–Trinajstić information content (AvgIpc) is 2.98. The van der Waals surface area contributed by atoms with Gasteiger partial charge in [0.05, 0.1) is 6.04 Å². The topological polar surface area (TPSA) is 46.6 Å². The summed E-state index contributed by atoms with van der Waals surface area (Å²) in [5, 5.41) is 0. The van der Waals surface area contributed by atoms with E-state index in [0.717, 1.165) is 16.5 Å². The van der Waals surface area contributed by atoms with Crippen molar-refractivity contribution < 1.29 is 27.5 Å². The first kappa shape index (κ1) is 18.0. The van der Waals surface area contributed by atoms with Crippen LogP contribution in [0.4, 0.5) is 18.0 Å². The number of hydrogen-bond acceptors (Lipinski definition) is 3. The molecule has 2 aromatic rings. The highest BCUT2D eigenvalue weighted by Gasteiger charge is 2.37. The second-order valence-corrected chi connectivity index (χ2v) is 6.04. The Labute approximate surface area is 148 Å². The third-order valence-electron chi connectivity index (χ3n) is 4.24. The zero-order chi connectivity index (χ0) is 18.7. The van der Waals surface area contributed by atoms with E-state index in [0.29, 0.717) is 12.5 Å². The van der Waals surface area contributed by atoms with Gasteiger partial charge in [0.2, 0.25) is 5.91 Å². The van der Waals surface area contributed by atoms with E-state index in [4.69, 9.17) is 4.74 Å². The summed E-state index contributed by atoms with van der Waals surface area (Å²) in [6.45, 7) is 0.0823. The summed E-state index contributed by atoms with van der Waals surface area (Å²) in [7, 11) is 0. The fourth-order valence-corrected chi connectivity index (χ4v) is 2.92. The smallest absolute Gasteiger partial charge is 0.416 e. The molecule has 4 nitrogen and oxygen atoms in total. The molecule has 136 valence electrons. The Kier molecular flexibility index (Phi) is 5.25. The molecule has 0 bridgehead atoms. The fourth-order valence-electron chi connectivity index (χ4n) is 2.92. The molecule has 1 fully saturated rings. The van der Waals surface area contributed by atoms with Crippen molar-refractivity contribution in [3.8, 4) is 0 Å². The Morgan fingerprint density at radius 1 is 1.08 bits per heavy atom. The number of imide groups is 1. The van der Waals surface area contributed by atoms with Crippen LogP contribution >= 0.6 is 0 Å².